The molecule has 4 heteroatoms. The molecule has 0 radical (unpaired) electrons. The highest BCUT2D eigenvalue weighted by Gasteiger charge is 2.52. The van der Waals surface area contributed by atoms with Crippen LogP contribution >= 0.6 is 12.2 Å². The third-order valence-electron chi connectivity index (χ3n) is 3.98. The quantitative estimate of drug-likeness (QED) is 0.647. The van der Waals surface area contributed by atoms with Crippen LogP contribution in [0.2, 0.25) is 0 Å². The summed E-state index contributed by atoms with van der Waals surface area (Å²) in [5.74, 6) is -1.01. The molecule has 22 heavy (non-hydrogen) atoms. The standard InChI is InChI=1S/C18H25NO2S/c1-12-8-9-13(14(10-12)16(2,3)4)18(15(20)21,19-11-22)17(5,6)7/h8-10H,1-7H3,(H,20,21). The predicted molar refractivity (Wildman–Crippen MR) is 93.7 cm³/mol. The van der Waals surface area contributed by atoms with Crippen molar-refractivity contribution < 1.29 is 9.90 Å². The van der Waals surface area contributed by atoms with Crippen LogP contribution in [0.5, 0.6) is 0 Å². The normalized spacial score (nSPS) is 14.9. The van der Waals surface area contributed by atoms with E-state index in [2.05, 4.69) is 30.9 Å². The maximum atomic E-state index is 12.2. The Bertz CT molecular complexity index is 627. The van der Waals surface area contributed by atoms with Gasteiger partial charge in [-0.25, -0.2) is 9.79 Å². The van der Waals surface area contributed by atoms with Crippen molar-refractivity contribution in [2.24, 2.45) is 10.4 Å². The van der Waals surface area contributed by atoms with Crippen molar-refractivity contribution in [1.29, 1.82) is 0 Å². The molecule has 3 nitrogen and oxygen atoms in total. The van der Waals surface area contributed by atoms with E-state index in [0.29, 0.717) is 5.56 Å². The van der Waals surface area contributed by atoms with Crippen molar-refractivity contribution in [3.63, 3.8) is 0 Å². The first kappa shape index (κ1) is 18.5. The van der Waals surface area contributed by atoms with Gasteiger partial charge in [0.15, 0.2) is 5.54 Å². The minimum Gasteiger partial charge on any atom is -0.479 e. The van der Waals surface area contributed by atoms with E-state index in [9.17, 15) is 9.90 Å². The molecule has 0 aliphatic rings. The van der Waals surface area contributed by atoms with Gasteiger partial charge in [-0.1, -0.05) is 65.3 Å². The van der Waals surface area contributed by atoms with Crippen LogP contribution in [-0.4, -0.2) is 16.2 Å². The van der Waals surface area contributed by atoms with E-state index in [1.807, 2.05) is 45.9 Å². The molecule has 1 atom stereocenters. The van der Waals surface area contributed by atoms with E-state index in [1.54, 1.807) is 0 Å². The molecule has 0 aromatic heterocycles. The van der Waals surface area contributed by atoms with Crippen molar-refractivity contribution in [3.05, 3.63) is 34.9 Å². The fourth-order valence-corrected chi connectivity index (χ4v) is 2.92. The molecule has 0 aliphatic carbocycles. The molecular weight excluding hydrogens is 294 g/mol. The highest BCUT2D eigenvalue weighted by molar-refractivity contribution is 7.78. The molecule has 0 saturated heterocycles. The molecule has 0 aliphatic heterocycles. The molecule has 1 N–H and O–H groups in total. The van der Waals surface area contributed by atoms with Crippen molar-refractivity contribution in [2.75, 3.05) is 0 Å². The van der Waals surface area contributed by atoms with Gasteiger partial charge in [-0.15, -0.1) is 0 Å². The zero-order chi connectivity index (χ0) is 17.3. The number of nitrogens with zero attached hydrogens (tertiary/aromatic N) is 1. The summed E-state index contributed by atoms with van der Waals surface area (Å²) in [5.41, 5.74) is 0.435. The summed E-state index contributed by atoms with van der Waals surface area (Å²) in [6.07, 6.45) is 0. The van der Waals surface area contributed by atoms with E-state index in [4.69, 9.17) is 12.2 Å². The van der Waals surface area contributed by atoms with Gasteiger partial charge in [-0.3, -0.25) is 0 Å². The number of isothiocyanates is 1. The number of hydrogen-bond acceptors (Lipinski definition) is 3. The molecule has 0 heterocycles. The summed E-state index contributed by atoms with van der Waals surface area (Å²) in [4.78, 5) is 16.4. The number of carboxylic acid groups (broad SMARTS) is 1. The highest BCUT2D eigenvalue weighted by Crippen LogP contribution is 2.46. The summed E-state index contributed by atoms with van der Waals surface area (Å²) in [7, 11) is 0. The van der Waals surface area contributed by atoms with Crippen LogP contribution in [0.4, 0.5) is 0 Å². The van der Waals surface area contributed by atoms with E-state index in [-0.39, 0.29) is 5.41 Å². The minimum atomic E-state index is -1.45. The number of aliphatic imine (C=N–C) groups is 1. The van der Waals surface area contributed by atoms with Crippen molar-refractivity contribution in [2.45, 2.75) is 59.4 Å². The Morgan fingerprint density at radius 1 is 1.14 bits per heavy atom. The van der Waals surface area contributed by atoms with Gasteiger partial charge in [-0.2, -0.15) is 0 Å². The Morgan fingerprint density at radius 3 is 2.05 bits per heavy atom. The average molecular weight is 319 g/mol. The molecule has 0 saturated carbocycles. The second kappa shape index (κ2) is 5.94. The van der Waals surface area contributed by atoms with Crippen molar-refractivity contribution >= 4 is 23.3 Å². The first-order valence-electron chi connectivity index (χ1n) is 7.32. The van der Waals surface area contributed by atoms with Crippen molar-refractivity contribution in [1.82, 2.24) is 0 Å². The van der Waals surface area contributed by atoms with Gasteiger partial charge < -0.3 is 5.11 Å². The maximum absolute atomic E-state index is 12.2. The lowest BCUT2D eigenvalue weighted by Crippen LogP contribution is -2.47. The van der Waals surface area contributed by atoms with E-state index in [0.717, 1.165) is 11.1 Å². The number of hydrogen-bond donors (Lipinski definition) is 1. The predicted octanol–water partition coefficient (Wildman–Crippen LogP) is 4.72. The fourth-order valence-electron chi connectivity index (χ4n) is 2.78. The Kier molecular flexibility index (Phi) is 5.01. The van der Waals surface area contributed by atoms with Gasteiger partial charge >= 0.3 is 5.97 Å². The molecule has 0 amide bonds. The monoisotopic (exact) mass is 319 g/mol. The zero-order valence-electron chi connectivity index (χ0n) is 14.4. The molecule has 0 fully saturated rings. The summed E-state index contributed by atoms with van der Waals surface area (Å²) < 4.78 is 0. The van der Waals surface area contributed by atoms with Gasteiger partial charge in [0.2, 0.25) is 0 Å². The lowest BCUT2D eigenvalue weighted by molar-refractivity contribution is -0.148. The molecular formula is C18H25NO2S. The maximum Gasteiger partial charge on any atom is 0.337 e. The number of aryl methyl sites for hydroxylation is 1. The van der Waals surface area contributed by atoms with E-state index < -0.39 is 16.9 Å². The Labute approximate surface area is 138 Å². The van der Waals surface area contributed by atoms with Gasteiger partial charge in [0.1, 0.15) is 0 Å². The molecule has 120 valence electrons. The number of thiocarbonyl (C=S) groups is 1. The Balaban J connectivity index is 3.94. The number of carboxylic acids is 1. The first-order chi connectivity index (χ1) is 9.88. The number of rotatable bonds is 3. The second-order valence-corrected chi connectivity index (χ2v) is 7.95. The summed E-state index contributed by atoms with van der Waals surface area (Å²) in [6, 6.07) is 5.83. The lowest BCUT2D eigenvalue weighted by atomic mass is 9.65. The minimum absolute atomic E-state index is 0.204. The molecule has 1 aromatic rings. The smallest absolute Gasteiger partial charge is 0.337 e. The van der Waals surface area contributed by atoms with Gasteiger partial charge in [0.05, 0.1) is 5.16 Å². The third-order valence-corrected chi connectivity index (χ3v) is 4.07. The third kappa shape index (κ3) is 3.13. The molecule has 0 bridgehead atoms. The van der Waals surface area contributed by atoms with Crippen molar-refractivity contribution in [3.8, 4) is 0 Å². The summed E-state index contributed by atoms with van der Waals surface area (Å²) in [6.45, 7) is 13.8. The summed E-state index contributed by atoms with van der Waals surface area (Å²) >= 11 is 4.77. The van der Waals surface area contributed by atoms with Crippen LogP contribution in [0.25, 0.3) is 0 Å². The topological polar surface area (TPSA) is 49.7 Å². The fraction of sp³-hybridized carbons (Fsp3) is 0.556. The Hall–Kier alpha value is -1.51. The Morgan fingerprint density at radius 2 is 1.68 bits per heavy atom. The second-order valence-electron chi connectivity index (χ2n) is 7.77. The van der Waals surface area contributed by atoms with Crippen LogP contribution in [0, 0.1) is 12.3 Å². The number of aliphatic carboxylic acids is 1. The molecule has 0 spiro atoms. The first-order valence-corrected chi connectivity index (χ1v) is 7.73. The van der Waals surface area contributed by atoms with Crippen LogP contribution in [0.15, 0.2) is 23.2 Å². The van der Waals surface area contributed by atoms with Gasteiger partial charge in [0.25, 0.3) is 0 Å². The van der Waals surface area contributed by atoms with Gasteiger partial charge in [-0.05, 0) is 35.7 Å². The number of carbonyl (C=O) groups is 1. The molecule has 1 aromatic carbocycles. The van der Waals surface area contributed by atoms with Crippen LogP contribution < -0.4 is 0 Å². The zero-order valence-corrected chi connectivity index (χ0v) is 15.3. The number of benzene rings is 1. The van der Waals surface area contributed by atoms with E-state index in [1.165, 1.54) is 0 Å². The van der Waals surface area contributed by atoms with Crippen LogP contribution in [-0.2, 0) is 15.7 Å². The average Bonchev–Trinajstić information content (AvgIpc) is 2.33. The van der Waals surface area contributed by atoms with Crippen LogP contribution in [0.3, 0.4) is 0 Å². The SMILES string of the molecule is Cc1ccc(C(N=C=S)(C(=O)O)C(C)(C)C)c(C(C)(C)C)c1. The molecule has 1 rings (SSSR count). The largest absolute Gasteiger partial charge is 0.479 e. The van der Waals surface area contributed by atoms with Crippen LogP contribution in [0.1, 0.15) is 58.2 Å². The lowest BCUT2D eigenvalue weighted by Gasteiger charge is -2.40. The van der Waals surface area contributed by atoms with Gasteiger partial charge in [0, 0.05) is 5.41 Å². The molecule has 1 unspecified atom stereocenters. The van der Waals surface area contributed by atoms with E-state index >= 15 is 0 Å². The highest BCUT2D eigenvalue weighted by atomic mass is 32.1. The summed E-state index contributed by atoms with van der Waals surface area (Å²) in [5, 5.41) is 12.3.